The molecule has 106 valence electrons. The topological polar surface area (TPSA) is 38.9 Å². The van der Waals surface area contributed by atoms with Crippen molar-refractivity contribution in [2.45, 2.75) is 10.1 Å². The van der Waals surface area contributed by atoms with Crippen LogP contribution in [-0.4, -0.2) is 10.2 Å². The fourth-order valence-electron chi connectivity index (χ4n) is 1.65. The summed E-state index contributed by atoms with van der Waals surface area (Å²) in [6.07, 6.45) is 0. The van der Waals surface area contributed by atoms with Gasteiger partial charge in [-0.15, -0.1) is 10.2 Å². The Kier molecular flexibility index (Phi) is 4.40. The summed E-state index contributed by atoms with van der Waals surface area (Å²) >= 11 is 19.3. The summed E-state index contributed by atoms with van der Waals surface area (Å²) in [6, 6.07) is 12.5. The van der Waals surface area contributed by atoms with Crippen molar-refractivity contribution in [3.63, 3.8) is 0 Å². The number of benzene rings is 2. The van der Waals surface area contributed by atoms with Gasteiger partial charge in [0.05, 0.1) is 10.6 Å². The Bertz CT molecular complexity index is 791. The molecule has 0 atom stereocenters. The van der Waals surface area contributed by atoms with Gasteiger partial charge in [0.25, 0.3) is 5.22 Å². The van der Waals surface area contributed by atoms with E-state index in [2.05, 4.69) is 10.2 Å². The Morgan fingerprint density at radius 1 is 0.905 bits per heavy atom. The average Bonchev–Trinajstić information content (AvgIpc) is 2.87. The van der Waals surface area contributed by atoms with Crippen LogP contribution in [0, 0.1) is 0 Å². The van der Waals surface area contributed by atoms with Gasteiger partial charge in [0.2, 0.25) is 5.89 Å². The van der Waals surface area contributed by atoms with Gasteiger partial charge in [-0.25, -0.2) is 0 Å². The highest BCUT2D eigenvalue weighted by molar-refractivity contribution is 7.99. The van der Waals surface area contributed by atoms with Crippen LogP contribution < -0.4 is 0 Å². The lowest BCUT2D eigenvalue weighted by Crippen LogP contribution is -1.79. The van der Waals surface area contributed by atoms with Gasteiger partial charge >= 0.3 is 0 Å². The Hall–Kier alpha value is -1.20. The highest BCUT2D eigenvalue weighted by atomic mass is 35.5. The van der Waals surface area contributed by atoms with E-state index >= 15 is 0 Å². The number of hydrogen-bond acceptors (Lipinski definition) is 4. The van der Waals surface area contributed by atoms with Crippen LogP contribution in [0.4, 0.5) is 0 Å². The van der Waals surface area contributed by atoms with Crippen molar-refractivity contribution in [1.29, 1.82) is 0 Å². The molecule has 0 aliphatic carbocycles. The first kappa shape index (κ1) is 14.7. The van der Waals surface area contributed by atoms with Gasteiger partial charge in [-0.2, -0.15) is 0 Å². The van der Waals surface area contributed by atoms with Crippen LogP contribution >= 0.6 is 46.6 Å². The molecule has 0 fully saturated rings. The highest BCUT2D eigenvalue weighted by Gasteiger charge is 2.13. The van der Waals surface area contributed by atoms with Crippen molar-refractivity contribution in [3.05, 3.63) is 57.5 Å². The zero-order valence-corrected chi connectivity index (χ0v) is 13.5. The summed E-state index contributed by atoms with van der Waals surface area (Å²) in [6.45, 7) is 0. The summed E-state index contributed by atoms with van der Waals surface area (Å²) in [4.78, 5) is 0.917. The highest BCUT2D eigenvalue weighted by Crippen LogP contribution is 2.33. The van der Waals surface area contributed by atoms with E-state index in [-0.39, 0.29) is 0 Å². The lowest BCUT2D eigenvalue weighted by molar-refractivity contribution is 0.466. The van der Waals surface area contributed by atoms with Gasteiger partial charge in [0.15, 0.2) is 0 Å². The van der Waals surface area contributed by atoms with Crippen molar-refractivity contribution in [2.75, 3.05) is 0 Å². The van der Waals surface area contributed by atoms with E-state index in [4.69, 9.17) is 39.2 Å². The molecule has 1 aromatic heterocycles. The van der Waals surface area contributed by atoms with Crippen LogP contribution in [0.5, 0.6) is 0 Å². The molecule has 0 spiro atoms. The lowest BCUT2D eigenvalue weighted by Gasteiger charge is -1.99. The van der Waals surface area contributed by atoms with Crippen LogP contribution in [0.2, 0.25) is 15.1 Å². The number of rotatable bonds is 3. The third-order valence-electron chi connectivity index (χ3n) is 2.57. The first-order valence-electron chi connectivity index (χ1n) is 5.84. The first-order valence-corrected chi connectivity index (χ1v) is 7.79. The van der Waals surface area contributed by atoms with E-state index < -0.39 is 0 Å². The molecule has 0 unspecified atom stereocenters. The molecule has 0 radical (unpaired) electrons. The van der Waals surface area contributed by atoms with E-state index in [1.807, 2.05) is 18.2 Å². The molecule has 0 N–H and O–H groups in total. The third-order valence-corrected chi connectivity index (χ3v) is 4.18. The molecule has 0 saturated heterocycles. The van der Waals surface area contributed by atoms with E-state index in [9.17, 15) is 0 Å². The van der Waals surface area contributed by atoms with Crippen molar-refractivity contribution >= 4 is 46.6 Å². The standard InChI is InChI=1S/C14H7Cl3N2OS/c15-8-2-1-3-10(6-8)21-14-19-18-13(20-14)11-5-4-9(16)7-12(11)17/h1-7H. The number of aromatic nitrogens is 2. The molecular formula is C14H7Cl3N2OS. The second-order valence-corrected chi connectivity index (χ2v) is 6.36. The number of halogens is 3. The van der Waals surface area contributed by atoms with E-state index in [0.717, 1.165) is 4.90 Å². The molecule has 0 bridgehead atoms. The zero-order chi connectivity index (χ0) is 14.8. The summed E-state index contributed by atoms with van der Waals surface area (Å²) in [5, 5.41) is 10.1. The molecule has 1 heterocycles. The smallest absolute Gasteiger partial charge is 0.281 e. The van der Waals surface area contributed by atoms with E-state index in [1.54, 1.807) is 24.3 Å². The number of nitrogens with zero attached hydrogens (tertiary/aromatic N) is 2. The van der Waals surface area contributed by atoms with Gasteiger partial charge < -0.3 is 4.42 Å². The molecule has 2 aromatic carbocycles. The van der Waals surface area contributed by atoms with Crippen molar-refractivity contribution in [2.24, 2.45) is 0 Å². The maximum atomic E-state index is 6.12. The van der Waals surface area contributed by atoms with Crippen molar-refractivity contribution < 1.29 is 4.42 Å². The second kappa shape index (κ2) is 6.28. The molecular weight excluding hydrogens is 351 g/mol. The normalized spacial score (nSPS) is 10.8. The summed E-state index contributed by atoms with van der Waals surface area (Å²) in [5.74, 6) is 0.348. The van der Waals surface area contributed by atoms with E-state index in [0.29, 0.717) is 31.7 Å². The number of hydrogen-bond donors (Lipinski definition) is 0. The predicted molar refractivity (Wildman–Crippen MR) is 85.3 cm³/mol. The van der Waals surface area contributed by atoms with Gasteiger partial charge in [-0.1, -0.05) is 40.9 Å². The van der Waals surface area contributed by atoms with Crippen LogP contribution in [0.1, 0.15) is 0 Å². The van der Waals surface area contributed by atoms with Crippen LogP contribution in [0.15, 0.2) is 57.0 Å². The SMILES string of the molecule is Clc1cccc(Sc2nnc(-c3ccc(Cl)cc3Cl)o2)c1. The quantitative estimate of drug-likeness (QED) is 0.589. The van der Waals surface area contributed by atoms with Crippen molar-refractivity contribution in [3.8, 4) is 11.5 Å². The summed E-state index contributed by atoms with van der Waals surface area (Å²) in [7, 11) is 0. The molecule has 3 rings (SSSR count). The van der Waals surface area contributed by atoms with Crippen LogP contribution in [0.25, 0.3) is 11.5 Å². The monoisotopic (exact) mass is 356 g/mol. The fraction of sp³-hybridized carbons (Fsp3) is 0. The molecule has 0 amide bonds. The predicted octanol–water partition coefficient (Wildman–Crippen LogP) is 5.85. The molecule has 7 heteroatoms. The van der Waals surface area contributed by atoms with Crippen LogP contribution in [-0.2, 0) is 0 Å². The van der Waals surface area contributed by atoms with E-state index in [1.165, 1.54) is 11.8 Å². The van der Waals surface area contributed by atoms with Gasteiger partial charge in [0, 0.05) is 14.9 Å². The van der Waals surface area contributed by atoms with Crippen molar-refractivity contribution in [1.82, 2.24) is 10.2 Å². The summed E-state index contributed by atoms with van der Waals surface area (Å²) in [5.41, 5.74) is 0.645. The lowest BCUT2D eigenvalue weighted by atomic mass is 10.2. The molecule has 0 saturated carbocycles. The fourth-order valence-corrected chi connectivity index (χ4v) is 3.13. The van der Waals surface area contributed by atoms with Gasteiger partial charge in [0.1, 0.15) is 0 Å². The Labute approximate surface area is 140 Å². The molecule has 21 heavy (non-hydrogen) atoms. The Balaban J connectivity index is 1.86. The molecule has 3 aromatic rings. The zero-order valence-electron chi connectivity index (χ0n) is 10.4. The average molecular weight is 358 g/mol. The minimum Gasteiger partial charge on any atom is -0.411 e. The Morgan fingerprint density at radius 2 is 1.71 bits per heavy atom. The Morgan fingerprint density at radius 3 is 2.48 bits per heavy atom. The van der Waals surface area contributed by atoms with Crippen LogP contribution in [0.3, 0.4) is 0 Å². The summed E-state index contributed by atoms with van der Waals surface area (Å²) < 4.78 is 5.60. The first-order chi connectivity index (χ1) is 10.1. The maximum Gasteiger partial charge on any atom is 0.281 e. The molecule has 3 nitrogen and oxygen atoms in total. The second-order valence-electron chi connectivity index (χ2n) is 4.06. The van der Waals surface area contributed by atoms with Gasteiger partial charge in [-0.3, -0.25) is 0 Å². The maximum absolute atomic E-state index is 6.12. The third kappa shape index (κ3) is 3.52. The molecule has 0 aliphatic rings. The minimum atomic E-state index is 0.348. The molecule has 0 aliphatic heterocycles. The largest absolute Gasteiger partial charge is 0.411 e. The minimum absolute atomic E-state index is 0.348. The van der Waals surface area contributed by atoms with Gasteiger partial charge in [-0.05, 0) is 48.2 Å².